The summed E-state index contributed by atoms with van der Waals surface area (Å²) in [7, 11) is 0. The van der Waals surface area contributed by atoms with Gasteiger partial charge in [-0.15, -0.1) is 0 Å². The summed E-state index contributed by atoms with van der Waals surface area (Å²) in [6, 6.07) is 9.06. The van der Waals surface area contributed by atoms with Gasteiger partial charge < -0.3 is 10.1 Å². The van der Waals surface area contributed by atoms with Crippen LogP contribution in [0.15, 0.2) is 36.4 Å². The predicted octanol–water partition coefficient (Wildman–Crippen LogP) is 3.89. The van der Waals surface area contributed by atoms with Gasteiger partial charge in [0.1, 0.15) is 12.4 Å². The number of hydrogen-bond acceptors (Lipinski definition) is 2. The first-order chi connectivity index (χ1) is 9.20. The third-order valence-corrected chi connectivity index (χ3v) is 3.71. The van der Waals surface area contributed by atoms with Crippen molar-refractivity contribution in [1.29, 1.82) is 0 Å². The Kier molecular flexibility index (Phi) is 5.03. The number of ether oxygens (including phenoxy) is 1. The Morgan fingerprint density at radius 3 is 2.84 bits per heavy atom. The molecule has 1 aromatic carbocycles. The van der Waals surface area contributed by atoms with Crippen molar-refractivity contribution >= 4 is 0 Å². The lowest BCUT2D eigenvalue weighted by Crippen LogP contribution is -2.21. The molecule has 0 radical (unpaired) electrons. The lowest BCUT2D eigenvalue weighted by Gasteiger charge is -2.16. The topological polar surface area (TPSA) is 21.3 Å². The summed E-state index contributed by atoms with van der Waals surface area (Å²) in [6.07, 6.45) is 3.75. The van der Waals surface area contributed by atoms with Gasteiger partial charge in [0.15, 0.2) is 0 Å². The molecule has 104 valence electrons. The fourth-order valence-electron chi connectivity index (χ4n) is 2.05. The number of para-hydroxylation sites is 1. The molecule has 0 aromatic heterocycles. The first-order valence-electron chi connectivity index (χ1n) is 7.32. The first kappa shape index (κ1) is 14.1. The van der Waals surface area contributed by atoms with Crippen LogP contribution in [0, 0.1) is 0 Å². The van der Waals surface area contributed by atoms with Gasteiger partial charge in [0.05, 0.1) is 0 Å². The Balaban J connectivity index is 1.85. The minimum Gasteiger partial charge on any atom is -0.489 e. The molecule has 1 fully saturated rings. The minimum absolute atomic E-state index is 0.536. The highest BCUT2D eigenvalue weighted by Gasteiger charge is 2.20. The highest BCUT2D eigenvalue weighted by molar-refractivity contribution is 5.36. The van der Waals surface area contributed by atoms with E-state index in [0.29, 0.717) is 12.5 Å². The van der Waals surface area contributed by atoms with Crippen LogP contribution in [0.4, 0.5) is 0 Å². The molecule has 0 heterocycles. The molecular formula is C17H25NO. The van der Waals surface area contributed by atoms with Crippen LogP contribution in [0.1, 0.15) is 44.6 Å². The van der Waals surface area contributed by atoms with Crippen LogP contribution in [0.2, 0.25) is 0 Å². The van der Waals surface area contributed by atoms with E-state index in [1.54, 1.807) is 0 Å². The number of rotatable bonds is 8. The summed E-state index contributed by atoms with van der Waals surface area (Å²) in [5.41, 5.74) is 2.42. The summed E-state index contributed by atoms with van der Waals surface area (Å²) in [5.74, 6) is 1.54. The molecule has 1 unspecified atom stereocenters. The van der Waals surface area contributed by atoms with Gasteiger partial charge in [0, 0.05) is 12.6 Å². The highest BCUT2D eigenvalue weighted by Crippen LogP contribution is 2.28. The van der Waals surface area contributed by atoms with Crippen LogP contribution >= 0.6 is 0 Å². The molecule has 1 saturated carbocycles. The molecule has 0 spiro atoms. The smallest absolute Gasteiger partial charge is 0.123 e. The van der Waals surface area contributed by atoms with E-state index in [4.69, 9.17) is 4.74 Å². The average molecular weight is 259 g/mol. The van der Waals surface area contributed by atoms with Crippen LogP contribution < -0.4 is 10.1 Å². The second-order valence-electron chi connectivity index (χ2n) is 5.54. The molecule has 0 aliphatic heterocycles. The zero-order valence-corrected chi connectivity index (χ0v) is 12.1. The Morgan fingerprint density at radius 2 is 2.16 bits per heavy atom. The summed E-state index contributed by atoms with van der Waals surface area (Å²) in [4.78, 5) is 0. The summed E-state index contributed by atoms with van der Waals surface area (Å²) in [5, 5.41) is 3.46. The van der Waals surface area contributed by atoms with E-state index in [1.165, 1.54) is 18.4 Å². The SMILES string of the molecule is C=C(CNC1CC1)COc1ccccc1C(C)CC. The first-order valence-corrected chi connectivity index (χ1v) is 7.32. The van der Waals surface area contributed by atoms with Crippen molar-refractivity contribution in [3.8, 4) is 5.75 Å². The molecular weight excluding hydrogens is 234 g/mol. The van der Waals surface area contributed by atoms with E-state index in [2.05, 4.69) is 43.9 Å². The second kappa shape index (κ2) is 6.76. The van der Waals surface area contributed by atoms with Gasteiger partial charge in [-0.3, -0.25) is 0 Å². The molecule has 1 aliphatic rings. The van der Waals surface area contributed by atoms with Gasteiger partial charge in [-0.25, -0.2) is 0 Å². The fraction of sp³-hybridized carbons (Fsp3) is 0.529. The molecule has 1 aromatic rings. The number of benzene rings is 1. The van der Waals surface area contributed by atoms with Crippen molar-refractivity contribution in [3.63, 3.8) is 0 Å². The molecule has 1 aliphatic carbocycles. The van der Waals surface area contributed by atoms with Crippen LogP contribution in [0.3, 0.4) is 0 Å². The lowest BCUT2D eigenvalue weighted by atomic mass is 9.98. The molecule has 0 saturated heterocycles. The Morgan fingerprint density at radius 1 is 1.42 bits per heavy atom. The number of nitrogens with one attached hydrogen (secondary N) is 1. The van der Waals surface area contributed by atoms with Crippen molar-refractivity contribution < 1.29 is 4.74 Å². The zero-order chi connectivity index (χ0) is 13.7. The zero-order valence-electron chi connectivity index (χ0n) is 12.1. The van der Waals surface area contributed by atoms with E-state index >= 15 is 0 Å². The molecule has 0 bridgehead atoms. The van der Waals surface area contributed by atoms with E-state index in [9.17, 15) is 0 Å². The fourth-order valence-corrected chi connectivity index (χ4v) is 2.05. The van der Waals surface area contributed by atoms with Gasteiger partial charge in [0.2, 0.25) is 0 Å². The van der Waals surface area contributed by atoms with E-state index < -0.39 is 0 Å². The van der Waals surface area contributed by atoms with Gasteiger partial charge in [-0.2, -0.15) is 0 Å². The average Bonchev–Trinajstić information content (AvgIpc) is 3.26. The van der Waals surface area contributed by atoms with Gasteiger partial charge in [-0.05, 0) is 42.4 Å². The van der Waals surface area contributed by atoms with E-state index in [1.807, 2.05) is 6.07 Å². The van der Waals surface area contributed by atoms with Crippen LogP contribution in [0.5, 0.6) is 5.75 Å². The molecule has 1 atom stereocenters. The number of hydrogen-bond donors (Lipinski definition) is 1. The Hall–Kier alpha value is -1.28. The Labute approximate surface area is 116 Å². The second-order valence-corrected chi connectivity index (χ2v) is 5.54. The monoisotopic (exact) mass is 259 g/mol. The quantitative estimate of drug-likeness (QED) is 0.715. The maximum atomic E-state index is 5.94. The third kappa shape index (κ3) is 4.39. The van der Waals surface area contributed by atoms with E-state index in [0.717, 1.165) is 30.3 Å². The third-order valence-electron chi connectivity index (χ3n) is 3.71. The van der Waals surface area contributed by atoms with E-state index in [-0.39, 0.29) is 0 Å². The Bertz CT molecular complexity index is 423. The normalized spacial score (nSPS) is 16.1. The maximum Gasteiger partial charge on any atom is 0.123 e. The molecule has 1 N–H and O–H groups in total. The standard InChI is InChI=1S/C17H25NO/c1-4-14(3)16-7-5-6-8-17(16)19-12-13(2)11-18-15-9-10-15/h5-8,14-15,18H,2,4,9-12H2,1,3H3. The maximum absolute atomic E-state index is 5.94. The van der Waals surface area contributed by atoms with Crippen molar-refractivity contribution in [2.75, 3.05) is 13.2 Å². The summed E-state index contributed by atoms with van der Waals surface area (Å²) >= 11 is 0. The lowest BCUT2D eigenvalue weighted by molar-refractivity contribution is 0.342. The summed E-state index contributed by atoms with van der Waals surface area (Å²) < 4.78 is 5.94. The molecule has 0 amide bonds. The highest BCUT2D eigenvalue weighted by atomic mass is 16.5. The van der Waals surface area contributed by atoms with Crippen molar-refractivity contribution in [2.45, 2.75) is 45.1 Å². The van der Waals surface area contributed by atoms with Crippen molar-refractivity contribution in [2.24, 2.45) is 0 Å². The molecule has 2 heteroatoms. The van der Waals surface area contributed by atoms with Gasteiger partial charge >= 0.3 is 0 Å². The predicted molar refractivity (Wildman–Crippen MR) is 80.8 cm³/mol. The van der Waals surface area contributed by atoms with Crippen LogP contribution in [-0.4, -0.2) is 19.2 Å². The largest absolute Gasteiger partial charge is 0.489 e. The van der Waals surface area contributed by atoms with Crippen LogP contribution in [0.25, 0.3) is 0 Å². The van der Waals surface area contributed by atoms with Crippen LogP contribution in [-0.2, 0) is 0 Å². The molecule has 2 nitrogen and oxygen atoms in total. The van der Waals surface area contributed by atoms with Crippen molar-refractivity contribution in [3.05, 3.63) is 42.0 Å². The van der Waals surface area contributed by atoms with Gasteiger partial charge in [-0.1, -0.05) is 38.6 Å². The summed E-state index contributed by atoms with van der Waals surface area (Å²) in [6.45, 7) is 10.0. The minimum atomic E-state index is 0.536. The molecule has 19 heavy (non-hydrogen) atoms. The van der Waals surface area contributed by atoms with Crippen molar-refractivity contribution in [1.82, 2.24) is 5.32 Å². The van der Waals surface area contributed by atoms with Gasteiger partial charge in [0.25, 0.3) is 0 Å². The molecule has 2 rings (SSSR count).